The van der Waals surface area contributed by atoms with Crippen molar-refractivity contribution in [3.8, 4) is 22.4 Å². The fourth-order valence-corrected chi connectivity index (χ4v) is 5.53. The van der Waals surface area contributed by atoms with Crippen LogP contribution < -0.4 is 4.90 Å². The number of methoxy groups -OCH3 is 1. The first-order valence-corrected chi connectivity index (χ1v) is 14.1. The molecule has 1 atom stereocenters. The SMILES string of the molecule is COC(=O)[C@@H](OC(C)(C)C)c1c(C)cc2nc(-c3cccc(-c4ccccc4)c3)cn2c1N1CCC(C)(C)CC1. The molecule has 0 N–H and O–H groups in total. The number of fused-ring (bicyclic) bond motifs is 1. The Balaban J connectivity index is 1.69. The number of esters is 1. The molecule has 0 amide bonds. The van der Waals surface area contributed by atoms with E-state index in [0.29, 0.717) is 0 Å². The van der Waals surface area contributed by atoms with E-state index in [2.05, 4.69) is 83.9 Å². The van der Waals surface area contributed by atoms with Crippen molar-refractivity contribution < 1.29 is 14.3 Å². The standard InChI is InChI=1S/C34H41N3O3/c1-23-20-28-35-27(26-15-11-14-25(21-26)24-12-9-8-10-13-24)22-37(28)31(36-18-16-34(5,6)17-19-36)29(23)30(32(38)39-7)40-33(2,3)4/h8-15,20-22,30H,16-19H2,1-7H3/t30-/m0/s1. The molecular formula is C34H41N3O3. The lowest BCUT2D eigenvalue weighted by Crippen LogP contribution is -2.40. The molecule has 1 saturated heterocycles. The molecule has 0 saturated carbocycles. The Bertz CT molecular complexity index is 1500. The number of hydrogen-bond donors (Lipinski definition) is 0. The monoisotopic (exact) mass is 539 g/mol. The molecule has 0 aliphatic carbocycles. The van der Waals surface area contributed by atoms with Gasteiger partial charge in [-0.3, -0.25) is 4.40 Å². The molecular weight excluding hydrogens is 498 g/mol. The third-order valence-corrected chi connectivity index (χ3v) is 7.80. The van der Waals surface area contributed by atoms with Gasteiger partial charge < -0.3 is 14.4 Å². The molecule has 3 heterocycles. The molecule has 2 aromatic carbocycles. The molecule has 6 nitrogen and oxygen atoms in total. The van der Waals surface area contributed by atoms with Gasteiger partial charge in [0.1, 0.15) is 11.5 Å². The molecule has 1 aliphatic rings. The van der Waals surface area contributed by atoms with Crippen LogP contribution in [0, 0.1) is 12.3 Å². The maximum Gasteiger partial charge on any atom is 0.339 e. The van der Waals surface area contributed by atoms with Gasteiger partial charge in [-0.2, -0.15) is 0 Å². The molecule has 0 bridgehead atoms. The molecule has 40 heavy (non-hydrogen) atoms. The van der Waals surface area contributed by atoms with Crippen LogP contribution in [0.25, 0.3) is 28.0 Å². The van der Waals surface area contributed by atoms with Crippen molar-refractivity contribution in [3.05, 3.63) is 78.0 Å². The maximum atomic E-state index is 13.2. The number of anilines is 1. The highest BCUT2D eigenvalue weighted by molar-refractivity contribution is 5.81. The van der Waals surface area contributed by atoms with Crippen LogP contribution in [-0.4, -0.2) is 41.2 Å². The number of hydrogen-bond acceptors (Lipinski definition) is 5. The van der Waals surface area contributed by atoms with Gasteiger partial charge in [0.05, 0.1) is 18.4 Å². The summed E-state index contributed by atoms with van der Waals surface area (Å²) >= 11 is 0. The zero-order valence-corrected chi connectivity index (χ0v) is 24.8. The molecule has 0 radical (unpaired) electrons. The number of benzene rings is 2. The molecule has 0 unspecified atom stereocenters. The van der Waals surface area contributed by atoms with Gasteiger partial charge in [-0.1, -0.05) is 62.4 Å². The molecule has 5 rings (SSSR count). The number of nitrogens with zero attached hydrogens (tertiary/aromatic N) is 3. The Morgan fingerprint density at radius 2 is 1.60 bits per heavy atom. The van der Waals surface area contributed by atoms with Gasteiger partial charge in [0.15, 0.2) is 6.10 Å². The van der Waals surface area contributed by atoms with E-state index in [4.69, 9.17) is 14.5 Å². The minimum atomic E-state index is -0.855. The van der Waals surface area contributed by atoms with Gasteiger partial charge >= 0.3 is 5.97 Å². The van der Waals surface area contributed by atoms with E-state index >= 15 is 0 Å². The van der Waals surface area contributed by atoms with Crippen molar-refractivity contribution in [2.45, 2.75) is 66.1 Å². The van der Waals surface area contributed by atoms with Crippen LogP contribution in [0.4, 0.5) is 5.82 Å². The van der Waals surface area contributed by atoms with Crippen molar-refractivity contribution in [3.63, 3.8) is 0 Å². The predicted molar refractivity (Wildman–Crippen MR) is 162 cm³/mol. The molecule has 6 heteroatoms. The third-order valence-electron chi connectivity index (χ3n) is 7.80. The second kappa shape index (κ2) is 10.7. The predicted octanol–water partition coefficient (Wildman–Crippen LogP) is 7.63. The van der Waals surface area contributed by atoms with Crippen molar-refractivity contribution in [2.75, 3.05) is 25.1 Å². The van der Waals surface area contributed by atoms with Gasteiger partial charge in [-0.25, -0.2) is 9.78 Å². The number of ether oxygens (including phenoxy) is 2. The lowest BCUT2D eigenvalue weighted by Gasteiger charge is -2.40. The van der Waals surface area contributed by atoms with Gasteiger partial charge in [0, 0.05) is 30.4 Å². The van der Waals surface area contributed by atoms with Crippen LogP contribution in [-0.2, 0) is 14.3 Å². The van der Waals surface area contributed by atoms with E-state index in [0.717, 1.165) is 65.3 Å². The normalized spacial score (nSPS) is 16.2. The van der Waals surface area contributed by atoms with Crippen molar-refractivity contribution in [1.82, 2.24) is 9.38 Å². The highest BCUT2D eigenvalue weighted by Gasteiger charge is 2.36. The first-order valence-electron chi connectivity index (χ1n) is 14.1. The van der Waals surface area contributed by atoms with Crippen LogP contribution in [0.2, 0.25) is 0 Å². The third kappa shape index (κ3) is 5.78. The number of carbonyl (C=O) groups excluding carboxylic acids is 1. The minimum absolute atomic E-state index is 0.279. The number of rotatable bonds is 6. The Morgan fingerprint density at radius 1 is 0.950 bits per heavy atom. The highest BCUT2D eigenvalue weighted by Crippen LogP contribution is 2.40. The number of aromatic nitrogens is 2. The summed E-state index contributed by atoms with van der Waals surface area (Å²) in [4.78, 5) is 20.7. The Hall–Kier alpha value is -3.64. The minimum Gasteiger partial charge on any atom is -0.467 e. The summed E-state index contributed by atoms with van der Waals surface area (Å²) in [6.07, 6.45) is 3.37. The average molecular weight is 540 g/mol. The first kappa shape index (κ1) is 27.9. The molecule has 4 aromatic rings. The van der Waals surface area contributed by atoms with Crippen molar-refractivity contribution in [2.24, 2.45) is 5.41 Å². The topological polar surface area (TPSA) is 56.1 Å². The second-order valence-electron chi connectivity index (χ2n) is 12.7. The lowest BCUT2D eigenvalue weighted by atomic mass is 9.82. The lowest BCUT2D eigenvalue weighted by molar-refractivity contribution is -0.164. The fraction of sp³-hybridized carbons (Fsp3) is 0.412. The van der Waals surface area contributed by atoms with E-state index < -0.39 is 17.7 Å². The van der Waals surface area contributed by atoms with Crippen molar-refractivity contribution in [1.29, 1.82) is 0 Å². The fourth-order valence-electron chi connectivity index (χ4n) is 5.53. The molecule has 2 aromatic heterocycles. The zero-order valence-electron chi connectivity index (χ0n) is 24.8. The van der Waals surface area contributed by atoms with E-state index in [1.54, 1.807) is 0 Å². The van der Waals surface area contributed by atoms with Gasteiger partial charge in [-0.15, -0.1) is 0 Å². The number of aryl methyl sites for hydroxylation is 1. The largest absolute Gasteiger partial charge is 0.467 e. The number of imidazole rings is 1. The first-order chi connectivity index (χ1) is 19.0. The number of piperidine rings is 1. The molecule has 210 valence electrons. The zero-order chi connectivity index (χ0) is 28.7. The van der Waals surface area contributed by atoms with E-state index in [1.165, 1.54) is 12.7 Å². The van der Waals surface area contributed by atoms with Crippen LogP contribution in [0.3, 0.4) is 0 Å². The smallest absolute Gasteiger partial charge is 0.339 e. The molecule has 0 spiro atoms. The molecule has 1 aliphatic heterocycles. The Kier molecular flexibility index (Phi) is 7.49. The number of carbonyl (C=O) groups is 1. The maximum absolute atomic E-state index is 13.2. The average Bonchev–Trinajstić information content (AvgIpc) is 3.35. The van der Waals surface area contributed by atoms with Gasteiger partial charge in [0.2, 0.25) is 0 Å². The van der Waals surface area contributed by atoms with Crippen LogP contribution >= 0.6 is 0 Å². The summed E-state index contributed by atoms with van der Waals surface area (Å²) in [6, 6.07) is 20.9. The van der Waals surface area contributed by atoms with E-state index in [-0.39, 0.29) is 5.41 Å². The number of pyridine rings is 1. The van der Waals surface area contributed by atoms with E-state index in [9.17, 15) is 4.79 Å². The summed E-state index contributed by atoms with van der Waals surface area (Å²) in [5.41, 5.74) is 6.64. The Morgan fingerprint density at radius 3 is 2.25 bits per heavy atom. The van der Waals surface area contributed by atoms with E-state index in [1.807, 2.05) is 33.8 Å². The van der Waals surface area contributed by atoms with Gasteiger partial charge in [-0.05, 0) is 74.8 Å². The summed E-state index contributed by atoms with van der Waals surface area (Å²) < 4.78 is 13.8. The summed E-state index contributed by atoms with van der Waals surface area (Å²) in [6.45, 7) is 14.4. The molecule has 1 fully saturated rings. The quantitative estimate of drug-likeness (QED) is 0.236. The van der Waals surface area contributed by atoms with Crippen LogP contribution in [0.5, 0.6) is 0 Å². The highest BCUT2D eigenvalue weighted by atomic mass is 16.6. The summed E-state index contributed by atoms with van der Waals surface area (Å²) in [5, 5.41) is 0. The van der Waals surface area contributed by atoms with Crippen LogP contribution in [0.15, 0.2) is 66.9 Å². The van der Waals surface area contributed by atoms with Crippen molar-refractivity contribution >= 4 is 17.4 Å². The summed E-state index contributed by atoms with van der Waals surface area (Å²) in [7, 11) is 1.42. The summed E-state index contributed by atoms with van der Waals surface area (Å²) in [5.74, 6) is 0.565. The van der Waals surface area contributed by atoms with Gasteiger partial charge in [0.25, 0.3) is 0 Å². The Labute approximate surface area is 238 Å². The van der Waals surface area contributed by atoms with Crippen LogP contribution in [0.1, 0.15) is 64.7 Å². The second-order valence-corrected chi connectivity index (χ2v) is 12.7.